The summed E-state index contributed by atoms with van der Waals surface area (Å²) in [7, 11) is 3.29. The molecule has 7 nitrogen and oxygen atoms in total. The monoisotopic (exact) mass is 520 g/mol. The number of hydrogen-bond acceptors (Lipinski definition) is 5. The summed E-state index contributed by atoms with van der Waals surface area (Å²) in [6.45, 7) is 11.7. The van der Waals surface area contributed by atoms with Crippen LogP contribution in [0, 0.1) is 0 Å². The zero-order valence-electron chi connectivity index (χ0n) is 18.4. The molecular weight excluding hydrogens is 483 g/mol. The van der Waals surface area contributed by atoms with Gasteiger partial charge in [0.25, 0.3) is 0 Å². The van der Waals surface area contributed by atoms with E-state index >= 15 is 0 Å². The molecule has 2 unspecified atom stereocenters. The van der Waals surface area contributed by atoms with Gasteiger partial charge in [0.05, 0.1) is 33.0 Å². The number of rotatable bonds is 9. The van der Waals surface area contributed by atoms with Crippen LogP contribution in [0.2, 0.25) is 0 Å². The maximum Gasteiger partial charge on any atom is 0.191 e. The van der Waals surface area contributed by atoms with E-state index in [1.807, 2.05) is 18.2 Å². The molecule has 2 N–H and O–H groups in total. The van der Waals surface area contributed by atoms with Crippen molar-refractivity contribution in [3.8, 4) is 11.5 Å². The average molecular weight is 520 g/mol. The Morgan fingerprint density at radius 2 is 1.83 bits per heavy atom. The molecule has 1 saturated heterocycles. The summed E-state index contributed by atoms with van der Waals surface area (Å²) in [5.74, 6) is 2.29. The number of guanidine groups is 1. The number of nitrogens with zero attached hydrogens (tertiary/aromatic N) is 2. The highest BCUT2D eigenvalue weighted by Crippen LogP contribution is 2.27. The highest BCUT2D eigenvalue weighted by Gasteiger charge is 2.21. The Morgan fingerprint density at radius 1 is 1.14 bits per heavy atom. The molecule has 0 aromatic heterocycles. The van der Waals surface area contributed by atoms with Crippen molar-refractivity contribution in [1.29, 1.82) is 0 Å². The van der Waals surface area contributed by atoms with Gasteiger partial charge >= 0.3 is 0 Å². The molecule has 0 saturated carbocycles. The second-order valence-corrected chi connectivity index (χ2v) is 7.18. The fourth-order valence-corrected chi connectivity index (χ4v) is 3.47. The van der Waals surface area contributed by atoms with Crippen molar-refractivity contribution in [1.82, 2.24) is 15.5 Å². The van der Waals surface area contributed by atoms with E-state index in [9.17, 15) is 0 Å². The molecule has 1 aliphatic rings. The Morgan fingerprint density at radius 3 is 2.45 bits per heavy atom. The molecule has 1 aliphatic heterocycles. The van der Waals surface area contributed by atoms with Crippen LogP contribution in [0.1, 0.15) is 32.8 Å². The summed E-state index contributed by atoms with van der Waals surface area (Å²) in [4.78, 5) is 7.17. The van der Waals surface area contributed by atoms with Crippen LogP contribution in [0.25, 0.3) is 0 Å². The summed E-state index contributed by atoms with van der Waals surface area (Å²) in [6.07, 6.45) is 1.70. The van der Waals surface area contributed by atoms with Gasteiger partial charge in [0.1, 0.15) is 0 Å². The van der Waals surface area contributed by atoms with E-state index in [0.717, 1.165) is 62.2 Å². The Bertz CT molecular complexity index is 620. The molecule has 8 heteroatoms. The molecule has 0 bridgehead atoms. The van der Waals surface area contributed by atoms with Gasteiger partial charge in [0.2, 0.25) is 0 Å². The number of morpholine rings is 1. The molecule has 1 aromatic rings. The minimum atomic E-state index is 0. The van der Waals surface area contributed by atoms with Crippen molar-refractivity contribution >= 4 is 29.9 Å². The molecule has 1 aromatic carbocycles. The lowest BCUT2D eigenvalue weighted by atomic mass is 10.2. The van der Waals surface area contributed by atoms with E-state index in [2.05, 4.69) is 41.3 Å². The van der Waals surface area contributed by atoms with Gasteiger partial charge in [-0.05, 0) is 44.9 Å². The molecule has 29 heavy (non-hydrogen) atoms. The van der Waals surface area contributed by atoms with Crippen LogP contribution in [0.15, 0.2) is 23.2 Å². The van der Waals surface area contributed by atoms with E-state index in [0.29, 0.717) is 18.8 Å². The molecule has 166 valence electrons. The van der Waals surface area contributed by atoms with Gasteiger partial charge in [-0.15, -0.1) is 24.0 Å². The van der Waals surface area contributed by atoms with Crippen molar-refractivity contribution in [2.24, 2.45) is 4.99 Å². The summed E-state index contributed by atoms with van der Waals surface area (Å²) in [5, 5.41) is 6.74. The number of nitrogens with one attached hydrogen (secondary N) is 2. The topological polar surface area (TPSA) is 67.4 Å². The Balaban J connectivity index is 0.00000420. The van der Waals surface area contributed by atoms with Crippen molar-refractivity contribution in [3.05, 3.63) is 23.8 Å². The van der Waals surface area contributed by atoms with Crippen molar-refractivity contribution in [3.63, 3.8) is 0 Å². The van der Waals surface area contributed by atoms with E-state index in [-0.39, 0.29) is 24.0 Å². The van der Waals surface area contributed by atoms with Crippen LogP contribution in [0.3, 0.4) is 0 Å². The lowest BCUT2D eigenvalue weighted by Crippen LogP contribution is -2.46. The van der Waals surface area contributed by atoms with Crippen LogP contribution in [-0.2, 0) is 11.3 Å². The number of halogens is 1. The van der Waals surface area contributed by atoms with Crippen LogP contribution in [0.5, 0.6) is 11.5 Å². The molecule has 0 aliphatic carbocycles. The zero-order valence-corrected chi connectivity index (χ0v) is 20.7. The third-order valence-corrected chi connectivity index (χ3v) is 4.65. The second kappa shape index (κ2) is 13.9. The molecule has 0 spiro atoms. The predicted octanol–water partition coefficient (Wildman–Crippen LogP) is 2.88. The third-order valence-electron chi connectivity index (χ3n) is 4.65. The van der Waals surface area contributed by atoms with E-state index in [4.69, 9.17) is 14.2 Å². The maximum absolute atomic E-state index is 5.79. The van der Waals surface area contributed by atoms with Gasteiger partial charge in [0, 0.05) is 32.7 Å². The predicted molar refractivity (Wildman–Crippen MR) is 129 cm³/mol. The molecule has 2 rings (SSSR count). The molecule has 0 radical (unpaired) electrons. The Hall–Kier alpha value is -1.26. The quantitative estimate of drug-likeness (QED) is 0.226. The molecule has 1 fully saturated rings. The fraction of sp³-hybridized carbons (Fsp3) is 0.667. The van der Waals surface area contributed by atoms with Crippen LogP contribution in [-0.4, -0.2) is 70.0 Å². The zero-order chi connectivity index (χ0) is 20.4. The van der Waals surface area contributed by atoms with Gasteiger partial charge in [-0.1, -0.05) is 6.07 Å². The largest absolute Gasteiger partial charge is 0.493 e. The van der Waals surface area contributed by atoms with Gasteiger partial charge in [0.15, 0.2) is 17.5 Å². The van der Waals surface area contributed by atoms with Crippen LogP contribution >= 0.6 is 24.0 Å². The van der Waals surface area contributed by atoms with Crippen molar-refractivity contribution in [2.75, 3.05) is 46.9 Å². The first-order valence-electron chi connectivity index (χ1n) is 10.2. The molecule has 2 atom stereocenters. The van der Waals surface area contributed by atoms with Gasteiger partial charge < -0.3 is 24.8 Å². The van der Waals surface area contributed by atoms with Crippen molar-refractivity contribution in [2.45, 2.75) is 45.9 Å². The van der Waals surface area contributed by atoms with Crippen LogP contribution < -0.4 is 20.1 Å². The minimum absolute atomic E-state index is 0. The summed E-state index contributed by atoms with van der Waals surface area (Å²) < 4.78 is 16.4. The van der Waals surface area contributed by atoms with E-state index in [1.54, 1.807) is 14.2 Å². The normalized spacial score (nSPS) is 20.0. The SMILES string of the molecule is CCNC(=NCc1ccc(OC)c(OC)c1)NCCCN1CC(C)OC(C)C1.I. The first-order valence-corrected chi connectivity index (χ1v) is 10.2. The Kier molecular flexibility index (Phi) is 12.3. The van der Waals surface area contributed by atoms with Crippen LogP contribution in [0.4, 0.5) is 0 Å². The number of hydrogen-bond donors (Lipinski definition) is 2. The van der Waals surface area contributed by atoms with Gasteiger partial charge in [-0.25, -0.2) is 4.99 Å². The highest BCUT2D eigenvalue weighted by molar-refractivity contribution is 14.0. The average Bonchev–Trinajstić information content (AvgIpc) is 2.68. The highest BCUT2D eigenvalue weighted by atomic mass is 127. The number of methoxy groups -OCH3 is 2. The standard InChI is InChI=1S/C21H36N4O3.HI/c1-6-22-21(23-10-7-11-25-14-16(2)28-17(3)15-25)24-13-18-8-9-19(26-4)20(12-18)27-5;/h8-9,12,16-17H,6-7,10-11,13-15H2,1-5H3,(H2,22,23,24);1H. The van der Waals surface area contributed by atoms with Gasteiger partial charge in [-0.2, -0.15) is 0 Å². The first kappa shape index (κ1) is 25.8. The summed E-state index contributed by atoms with van der Waals surface area (Å²) in [6, 6.07) is 5.89. The number of ether oxygens (including phenoxy) is 3. The fourth-order valence-electron chi connectivity index (χ4n) is 3.47. The lowest BCUT2D eigenvalue weighted by molar-refractivity contribution is -0.0679. The van der Waals surface area contributed by atoms with E-state index in [1.165, 1.54) is 0 Å². The first-order chi connectivity index (χ1) is 13.5. The lowest BCUT2D eigenvalue weighted by Gasteiger charge is -2.35. The summed E-state index contributed by atoms with van der Waals surface area (Å²) in [5.41, 5.74) is 1.08. The van der Waals surface area contributed by atoms with Gasteiger partial charge in [-0.3, -0.25) is 4.90 Å². The smallest absolute Gasteiger partial charge is 0.191 e. The molecule has 1 heterocycles. The minimum Gasteiger partial charge on any atom is -0.493 e. The molecular formula is C21H37IN4O3. The maximum atomic E-state index is 5.79. The molecule has 0 amide bonds. The Labute approximate surface area is 192 Å². The summed E-state index contributed by atoms with van der Waals surface area (Å²) >= 11 is 0. The van der Waals surface area contributed by atoms with Crippen molar-refractivity contribution < 1.29 is 14.2 Å². The third kappa shape index (κ3) is 8.96. The second-order valence-electron chi connectivity index (χ2n) is 7.18. The van der Waals surface area contributed by atoms with E-state index < -0.39 is 0 Å². The number of aliphatic imine (C=N–C) groups is 1. The number of benzene rings is 1.